The SMILES string of the molecule is NCC1CCCC1NC(=O)CCn1ccnc1. The predicted octanol–water partition coefficient (Wildman–Crippen LogP) is 0.517. The molecule has 1 amide bonds. The molecule has 0 aliphatic heterocycles. The highest BCUT2D eigenvalue weighted by molar-refractivity contribution is 5.76. The molecule has 5 nitrogen and oxygen atoms in total. The van der Waals surface area contributed by atoms with Gasteiger partial charge in [-0.25, -0.2) is 4.98 Å². The van der Waals surface area contributed by atoms with Gasteiger partial charge >= 0.3 is 0 Å². The van der Waals surface area contributed by atoms with E-state index < -0.39 is 0 Å². The molecule has 94 valence electrons. The second kappa shape index (κ2) is 5.82. The molecule has 0 radical (unpaired) electrons. The number of imidazole rings is 1. The second-order valence-corrected chi connectivity index (χ2v) is 4.65. The molecule has 1 aliphatic rings. The van der Waals surface area contributed by atoms with Crippen LogP contribution in [0.2, 0.25) is 0 Å². The third kappa shape index (κ3) is 3.30. The Hall–Kier alpha value is -1.36. The van der Waals surface area contributed by atoms with Crippen LogP contribution >= 0.6 is 0 Å². The fourth-order valence-electron chi connectivity index (χ4n) is 2.44. The number of aromatic nitrogens is 2. The van der Waals surface area contributed by atoms with Crippen molar-refractivity contribution in [3.63, 3.8) is 0 Å². The third-order valence-electron chi connectivity index (χ3n) is 3.46. The lowest BCUT2D eigenvalue weighted by Gasteiger charge is -2.19. The molecular weight excluding hydrogens is 216 g/mol. The standard InChI is InChI=1S/C12H20N4O/c13-8-10-2-1-3-11(10)15-12(17)4-6-16-7-5-14-9-16/h5,7,9-11H,1-4,6,8,13H2,(H,15,17). The fourth-order valence-corrected chi connectivity index (χ4v) is 2.44. The molecule has 1 fully saturated rings. The van der Waals surface area contributed by atoms with E-state index in [9.17, 15) is 4.79 Å². The lowest BCUT2D eigenvalue weighted by atomic mass is 10.0. The Balaban J connectivity index is 1.73. The van der Waals surface area contributed by atoms with Gasteiger partial charge in [-0.3, -0.25) is 4.79 Å². The van der Waals surface area contributed by atoms with Crippen molar-refractivity contribution in [2.24, 2.45) is 11.7 Å². The monoisotopic (exact) mass is 236 g/mol. The van der Waals surface area contributed by atoms with E-state index in [0.717, 1.165) is 12.8 Å². The van der Waals surface area contributed by atoms with Crippen LogP contribution in [0.4, 0.5) is 0 Å². The van der Waals surface area contributed by atoms with E-state index in [1.807, 2.05) is 10.8 Å². The third-order valence-corrected chi connectivity index (χ3v) is 3.46. The van der Waals surface area contributed by atoms with Gasteiger partial charge in [0, 0.05) is 31.4 Å². The molecule has 2 rings (SSSR count). The van der Waals surface area contributed by atoms with E-state index >= 15 is 0 Å². The van der Waals surface area contributed by atoms with Gasteiger partial charge in [0.15, 0.2) is 0 Å². The number of aryl methyl sites for hydroxylation is 1. The van der Waals surface area contributed by atoms with Crippen LogP contribution in [-0.4, -0.2) is 28.0 Å². The molecule has 0 bridgehead atoms. The van der Waals surface area contributed by atoms with E-state index in [0.29, 0.717) is 25.4 Å². The number of hydrogen-bond donors (Lipinski definition) is 2. The molecule has 1 aromatic rings. The quantitative estimate of drug-likeness (QED) is 0.782. The maximum Gasteiger partial charge on any atom is 0.222 e. The number of nitrogens with one attached hydrogen (secondary N) is 1. The highest BCUT2D eigenvalue weighted by Gasteiger charge is 2.26. The van der Waals surface area contributed by atoms with Gasteiger partial charge in [-0.05, 0) is 25.3 Å². The Morgan fingerprint density at radius 2 is 2.41 bits per heavy atom. The zero-order chi connectivity index (χ0) is 12.1. The van der Waals surface area contributed by atoms with Crippen LogP contribution in [-0.2, 0) is 11.3 Å². The van der Waals surface area contributed by atoms with Crippen LogP contribution in [0.3, 0.4) is 0 Å². The Kier molecular flexibility index (Phi) is 4.14. The van der Waals surface area contributed by atoms with Crippen LogP contribution in [0.1, 0.15) is 25.7 Å². The molecule has 0 aromatic carbocycles. The summed E-state index contributed by atoms with van der Waals surface area (Å²) in [5.41, 5.74) is 5.69. The summed E-state index contributed by atoms with van der Waals surface area (Å²) in [5, 5.41) is 3.09. The average molecular weight is 236 g/mol. The van der Waals surface area contributed by atoms with Crippen molar-refractivity contribution >= 4 is 5.91 Å². The summed E-state index contributed by atoms with van der Waals surface area (Å²) in [4.78, 5) is 15.7. The van der Waals surface area contributed by atoms with Crippen LogP contribution in [0, 0.1) is 5.92 Å². The van der Waals surface area contributed by atoms with E-state index in [1.54, 1.807) is 12.5 Å². The van der Waals surface area contributed by atoms with E-state index in [4.69, 9.17) is 5.73 Å². The van der Waals surface area contributed by atoms with E-state index in [1.165, 1.54) is 6.42 Å². The van der Waals surface area contributed by atoms with E-state index in [-0.39, 0.29) is 11.9 Å². The highest BCUT2D eigenvalue weighted by Crippen LogP contribution is 2.24. The predicted molar refractivity (Wildman–Crippen MR) is 65.2 cm³/mol. The number of rotatable bonds is 5. The summed E-state index contributed by atoms with van der Waals surface area (Å²) in [5.74, 6) is 0.580. The first-order chi connectivity index (χ1) is 8.29. The number of hydrogen-bond acceptors (Lipinski definition) is 3. The second-order valence-electron chi connectivity index (χ2n) is 4.65. The first-order valence-electron chi connectivity index (χ1n) is 6.25. The fraction of sp³-hybridized carbons (Fsp3) is 0.667. The van der Waals surface area contributed by atoms with E-state index in [2.05, 4.69) is 10.3 Å². The molecule has 0 spiro atoms. The molecule has 0 saturated heterocycles. The Morgan fingerprint density at radius 1 is 1.53 bits per heavy atom. The van der Waals surface area contributed by atoms with Gasteiger partial charge in [-0.1, -0.05) is 6.42 Å². The normalized spacial score (nSPS) is 23.8. The van der Waals surface area contributed by atoms with Gasteiger partial charge in [-0.15, -0.1) is 0 Å². The van der Waals surface area contributed by atoms with Crippen molar-refractivity contribution in [1.29, 1.82) is 0 Å². The molecule has 1 heterocycles. The minimum Gasteiger partial charge on any atom is -0.353 e. The maximum absolute atomic E-state index is 11.8. The van der Waals surface area contributed by atoms with Gasteiger partial charge in [0.25, 0.3) is 0 Å². The molecule has 2 unspecified atom stereocenters. The molecule has 2 atom stereocenters. The lowest BCUT2D eigenvalue weighted by Crippen LogP contribution is -2.40. The summed E-state index contributed by atoms with van der Waals surface area (Å²) in [6.45, 7) is 1.36. The molecular formula is C12H20N4O. The minimum absolute atomic E-state index is 0.115. The summed E-state index contributed by atoms with van der Waals surface area (Å²) < 4.78 is 1.91. The van der Waals surface area contributed by atoms with Crippen molar-refractivity contribution in [2.75, 3.05) is 6.54 Å². The zero-order valence-electron chi connectivity index (χ0n) is 10.0. The number of carbonyl (C=O) groups is 1. The van der Waals surface area contributed by atoms with Crippen molar-refractivity contribution in [3.8, 4) is 0 Å². The Bertz CT molecular complexity index is 349. The van der Waals surface area contributed by atoms with Gasteiger partial charge in [0.2, 0.25) is 5.91 Å². The summed E-state index contributed by atoms with van der Waals surface area (Å²) >= 11 is 0. The van der Waals surface area contributed by atoms with Gasteiger partial charge < -0.3 is 15.6 Å². The molecule has 3 N–H and O–H groups in total. The maximum atomic E-state index is 11.8. The molecule has 1 aliphatic carbocycles. The number of amides is 1. The van der Waals surface area contributed by atoms with Crippen LogP contribution < -0.4 is 11.1 Å². The minimum atomic E-state index is 0.115. The van der Waals surface area contributed by atoms with Crippen LogP contribution in [0.15, 0.2) is 18.7 Å². The van der Waals surface area contributed by atoms with Crippen molar-refractivity contribution in [2.45, 2.75) is 38.3 Å². The van der Waals surface area contributed by atoms with Gasteiger partial charge in [-0.2, -0.15) is 0 Å². The largest absolute Gasteiger partial charge is 0.353 e. The van der Waals surface area contributed by atoms with Crippen LogP contribution in [0.25, 0.3) is 0 Å². The van der Waals surface area contributed by atoms with Gasteiger partial charge in [0.05, 0.1) is 6.33 Å². The van der Waals surface area contributed by atoms with Crippen molar-refractivity contribution < 1.29 is 4.79 Å². The summed E-state index contributed by atoms with van der Waals surface area (Å²) in [6.07, 6.45) is 9.20. The summed E-state index contributed by atoms with van der Waals surface area (Å²) in [6, 6.07) is 0.287. The number of nitrogens with zero attached hydrogens (tertiary/aromatic N) is 2. The number of nitrogens with two attached hydrogens (primary N) is 1. The zero-order valence-corrected chi connectivity index (χ0v) is 10.0. The molecule has 17 heavy (non-hydrogen) atoms. The molecule has 1 aromatic heterocycles. The average Bonchev–Trinajstić information content (AvgIpc) is 2.97. The number of carbonyl (C=O) groups excluding carboxylic acids is 1. The summed E-state index contributed by atoms with van der Waals surface area (Å²) in [7, 11) is 0. The Morgan fingerprint density at radius 3 is 3.12 bits per heavy atom. The lowest BCUT2D eigenvalue weighted by molar-refractivity contribution is -0.122. The molecule has 1 saturated carbocycles. The molecule has 5 heteroatoms. The van der Waals surface area contributed by atoms with Crippen LogP contribution in [0.5, 0.6) is 0 Å². The highest BCUT2D eigenvalue weighted by atomic mass is 16.1. The smallest absolute Gasteiger partial charge is 0.222 e. The Labute approximate surface area is 101 Å². The van der Waals surface area contributed by atoms with Crippen molar-refractivity contribution in [1.82, 2.24) is 14.9 Å². The van der Waals surface area contributed by atoms with Gasteiger partial charge in [0.1, 0.15) is 0 Å². The van der Waals surface area contributed by atoms with Crippen molar-refractivity contribution in [3.05, 3.63) is 18.7 Å². The first-order valence-corrected chi connectivity index (χ1v) is 6.25. The first kappa shape index (κ1) is 12.1. The topological polar surface area (TPSA) is 72.9 Å².